The Hall–Kier alpha value is -5.77. The van der Waals surface area contributed by atoms with Gasteiger partial charge in [-0.25, -0.2) is 10.2 Å². The van der Waals surface area contributed by atoms with Crippen molar-refractivity contribution in [3.63, 3.8) is 0 Å². The van der Waals surface area contributed by atoms with Crippen LogP contribution in [0.1, 0.15) is 33.3 Å². The van der Waals surface area contributed by atoms with Crippen LogP contribution in [0.15, 0.2) is 90.0 Å². The summed E-state index contributed by atoms with van der Waals surface area (Å²) in [6.45, 7) is 2.28. The number of aromatic nitrogens is 1. The number of hydrazone groups is 1. The van der Waals surface area contributed by atoms with Crippen molar-refractivity contribution in [2.45, 2.75) is 6.92 Å². The third kappa shape index (κ3) is 5.71. The van der Waals surface area contributed by atoms with E-state index in [2.05, 4.69) is 15.5 Å². The number of fused-ring (bicyclic) bond motifs is 2. The molecular weight excluding hydrogens is 550 g/mol. The van der Waals surface area contributed by atoms with Crippen LogP contribution in [-0.2, 0) is 0 Å². The van der Waals surface area contributed by atoms with Crippen LogP contribution in [0, 0.1) is 0 Å². The van der Waals surface area contributed by atoms with Gasteiger partial charge in [0.15, 0.2) is 23.0 Å². The third-order valence-electron chi connectivity index (χ3n) is 6.75. The Labute approximate surface area is 246 Å². The molecule has 10 nitrogen and oxygen atoms in total. The fourth-order valence-corrected chi connectivity index (χ4v) is 4.73. The largest absolute Gasteiger partial charge is 0.497 e. The number of esters is 1. The number of hydrogen-bond acceptors (Lipinski definition) is 8. The van der Waals surface area contributed by atoms with Crippen molar-refractivity contribution in [3.05, 3.63) is 102 Å². The molecule has 0 radical (unpaired) electrons. The molecule has 0 spiro atoms. The van der Waals surface area contributed by atoms with Crippen molar-refractivity contribution in [1.29, 1.82) is 0 Å². The number of ether oxygens (including phenoxy) is 5. The van der Waals surface area contributed by atoms with Gasteiger partial charge in [0, 0.05) is 16.5 Å². The monoisotopic (exact) mass is 577 g/mol. The maximum atomic E-state index is 13.3. The summed E-state index contributed by atoms with van der Waals surface area (Å²) in [4.78, 5) is 29.3. The topological polar surface area (TPSA) is 120 Å². The second kappa shape index (κ2) is 12.0. The van der Waals surface area contributed by atoms with Gasteiger partial charge in [-0.2, -0.15) is 5.10 Å². The molecule has 4 aromatic carbocycles. The Morgan fingerprint density at radius 3 is 2.60 bits per heavy atom. The second-order valence-corrected chi connectivity index (χ2v) is 9.45. The molecule has 5 aromatic rings. The Bertz CT molecular complexity index is 1850. The van der Waals surface area contributed by atoms with Gasteiger partial charge < -0.3 is 28.7 Å². The van der Waals surface area contributed by atoms with Crippen LogP contribution in [0.3, 0.4) is 0 Å². The lowest BCUT2D eigenvalue weighted by Crippen LogP contribution is -2.18. The summed E-state index contributed by atoms with van der Waals surface area (Å²) in [5, 5.41) is 5.02. The number of nitrogens with zero attached hydrogens (tertiary/aromatic N) is 1. The van der Waals surface area contributed by atoms with Crippen LogP contribution in [0.4, 0.5) is 0 Å². The summed E-state index contributed by atoms with van der Waals surface area (Å²) in [6.07, 6.45) is 1.48. The molecule has 2 heterocycles. The predicted molar refractivity (Wildman–Crippen MR) is 160 cm³/mol. The van der Waals surface area contributed by atoms with Crippen molar-refractivity contribution in [2.24, 2.45) is 5.10 Å². The van der Waals surface area contributed by atoms with Gasteiger partial charge in [-0.3, -0.25) is 4.79 Å². The number of H-pyrrole nitrogens is 1. The molecule has 6 rings (SSSR count). The maximum Gasteiger partial charge on any atom is 0.343 e. The van der Waals surface area contributed by atoms with E-state index in [0.717, 1.165) is 22.0 Å². The van der Waals surface area contributed by atoms with Crippen molar-refractivity contribution in [2.75, 3.05) is 20.5 Å². The van der Waals surface area contributed by atoms with Gasteiger partial charge in [0.2, 0.25) is 6.79 Å². The summed E-state index contributed by atoms with van der Waals surface area (Å²) in [5.41, 5.74) is 6.32. The Morgan fingerprint density at radius 1 is 0.953 bits per heavy atom. The molecule has 0 saturated heterocycles. The Balaban J connectivity index is 1.21. The number of aromatic amines is 1. The van der Waals surface area contributed by atoms with Crippen molar-refractivity contribution in [1.82, 2.24) is 10.4 Å². The number of nitrogens with one attached hydrogen (secondary N) is 2. The van der Waals surface area contributed by atoms with Gasteiger partial charge in [0.1, 0.15) is 11.4 Å². The van der Waals surface area contributed by atoms with E-state index in [1.165, 1.54) is 6.21 Å². The number of amides is 1. The SMILES string of the molecule is CCOc1cc(C=NNC(=O)c2[nH]c3ccc(OC)cc3c2-c2ccccc2)ccc1OC(=O)c1ccc2c(c1)OCO2. The van der Waals surface area contributed by atoms with E-state index in [0.29, 0.717) is 46.4 Å². The maximum absolute atomic E-state index is 13.3. The second-order valence-electron chi connectivity index (χ2n) is 9.45. The highest BCUT2D eigenvalue weighted by molar-refractivity contribution is 6.10. The van der Waals surface area contributed by atoms with Crippen molar-refractivity contribution in [3.8, 4) is 39.9 Å². The standard InChI is InChI=1S/C33H27N3O7/c1-3-40-28-15-20(9-13-27(28)43-33(38)22-10-14-26-29(16-22)42-19-41-26)18-34-36-32(37)31-30(21-7-5-4-6-8-21)24-17-23(39-2)11-12-25(24)35-31/h4-18,35H,3,19H2,1-2H3,(H,36,37). The molecule has 1 aliphatic rings. The van der Waals surface area contributed by atoms with Gasteiger partial charge in [-0.1, -0.05) is 30.3 Å². The molecule has 2 N–H and O–H groups in total. The molecule has 0 saturated carbocycles. The molecule has 1 aromatic heterocycles. The first kappa shape index (κ1) is 27.4. The Kier molecular flexibility index (Phi) is 7.64. The molecule has 0 fully saturated rings. The average molecular weight is 578 g/mol. The minimum atomic E-state index is -0.571. The number of carbonyl (C=O) groups excluding carboxylic acids is 2. The van der Waals surface area contributed by atoms with Gasteiger partial charge in [0.05, 0.1) is 25.5 Å². The summed E-state index contributed by atoms with van der Waals surface area (Å²) in [5.74, 6) is 1.35. The van der Waals surface area contributed by atoms with Crippen LogP contribution in [0.25, 0.3) is 22.0 Å². The zero-order valence-electron chi connectivity index (χ0n) is 23.4. The van der Waals surface area contributed by atoms with E-state index < -0.39 is 11.9 Å². The first-order valence-electron chi connectivity index (χ1n) is 13.5. The van der Waals surface area contributed by atoms with E-state index >= 15 is 0 Å². The zero-order valence-corrected chi connectivity index (χ0v) is 23.4. The van der Waals surface area contributed by atoms with Gasteiger partial charge in [-0.05, 0) is 72.6 Å². The first-order chi connectivity index (χ1) is 21.0. The molecule has 43 heavy (non-hydrogen) atoms. The molecular formula is C33H27N3O7. The lowest BCUT2D eigenvalue weighted by molar-refractivity contribution is 0.0727. The van der Waals surface area contributed by atoms with Crippen molar-refractivity contribution < 1.29 is 33.3 Å². The molecule has 1 amide bonds. The van der Waals surface area contributed by atoms with Crippen LogP contribution in [0.5, 0.6) is 28.7 Å². The molecule has 0 aliphatic carbocycles. The smallest absolute Gasteiger partial charge is 0.343 e. The molecule has 216 valence electrons. The van der Waals surface area contributed by atoms with Crippen LogP contribution in [0.2, 0.25) is 0 Å². The lowest BCUT2D eigenvalue weighted by Gasteiger charge is -2.11. The number of hydrogen-bond donors (Lipinski definition) is 2. The summed E-state index contributed by atoms with van der Waals surface area (Å²) < 4.78 is 27.4. The minimum absolute atomic E-state index is 0.108. The summed E-state index contributed by atoms with van der Waals surface area (Å²) >= 11 is 0. The quantitative estimate of drug-likeness (QED) is 0.0961. The van der Waals surface area contributed by atoms with Gasteiger partial charge >= 0.3 is 5.97 Å². The zero-order chi connectivity index (χ0) is 29.8. The Morgan fingerprint density at radius 2 is 1.79 bits per heavy atom. The number of rotatable bonds is 9. The highest BCUT2D eigenvalue weighted by atomic mass is 16.7. The summed E-state index contributed by atoms with van der Waals surface area (Å²) in [6, 6.07) is 25.1. The first-order valence-corrected chi connectivity index (χ1v) is 13.5. The van der Waals surface area contributed by atoms with Crippen LogP contribution < -0.4 is 29.1 Å². The van der Waals surface area contributed by atoms with E-state index in [9.17, 15) is 9.59 Å². The lowest BCUT2D eigenvalue weighted by atomic mass is 10.0. The average Bonchev–Trinajstić information content (AvgIpc) is 3.67. The van der Waals surface area contributed by atoms with Crippen LogP contribution >= 0.6 is 0 Å². The van der Waals surface area contributed by atoms with E-state index in [-0.39, 0.29) is 12.5 Å². The van der Waals surface area contributed by atoms with Crippen molar-refractivity contribution >= 4 is 29.0 Å². The predicted octanol–water partition coefficient (Wildman–Crippen LogP) is 5.95. The third-order valence-corrected chi connectivity index (χ3v) is 6.75. The van der Waals surface area contributed by atoms with E-state index in [4.69, 9.17) is 23.7 Å². The number of benzene rings is 4. The molecule has 0 bridgehead atoms. The number of carbonyl (C=O) groups is 2. The van der Waals surface area contributed by atoms with E-state index in [1.54, 1.807) is 43.5 Å². The molecule has 0 unspecified atom stereocenters. The van der Waals surface area contributed by atoms with E-state index in [1.807, 2.05) is 55.5 Å². The number of methoxy groups -OCH3 is 1. The molecule has 1 aliphatic heterocycles. The van der Waals surface area contributed by atoms with Gasteiger partial charge in [-0.15, -0.1) is 0 Å². The molecule has 10 heteroatoms. The molecule has 0 atom stereocenters. The highest BCUT2D eigenvalue weighted by Crippen LogP contribution is 2.35. The summed E-state index contributed by atoms with van der Waals surface area (Å²) in [7, 11) is 1.60. The fourth-order valence-electron chi connectivity index (χ4n) is 4.73. The fraction of sp³-hybridized carbons (Fsp3) is 0.121. The highest BCUT2D eigenvalue weighted by Gasteiger charge is 2.21. The van der Waals surface area contributed by atoms with Crippen LogP contribution in [-0.4, -0.2) is 43.6 Å². The van der Waals surface area contributed by atoms with Gasteiger partial charge in [0.25, 0.3) is 5.91 Å². The minimum Gasteiger partial charge on any atom is -0.497 e. The normalized spacial score (nSPS) is 12.0.